The van der Waals surface area contributed by atoms with Crippen LogP contribution in [0.1, 0.15) is 6.92 Å². The third kappa shape index (κ3) is 3.95. The molecule has 2 aromatic rings. The van der Waals surface area contributed by atoms with Crippen molar-refractivity contribution in [2.24, 2.45) is 9.98 Å². The number of carboxylic acids is 1. The molecule has 1 aliphatic heterocycles. The highest BCUT2D eigenvalue weighted by molar-refractivity contribution is 6.30. The van der Waals surface area contributed by atoms with Crippen LogP contribution in [-0.4, -0.2) is 29.3 Å². The molecule has 0 spiro atoms. The second-order valence-electron chi connectivity index (χ2n) is 5.25. The van der Waals surface area contributed by atoms with Crippen molar-refractivity contribution in [2.45, 2.75) is 19.3 Å². The molecule has 1 N–H and O–H groups in total. The Kier molecular flexibility index (Phi) is 4.67. The minimum absolute atomic E-state index is 0.371. The number of amides is 1. The van der Waals surface area contributed by atoms with Crippen molar-refractivity contribution < 1.29 is 24.2 Å². The molecule has 0 saturated carbocycles. The van der Waals surface area contributed by atoms with Crippen molar-refractivity contribution >= 4 is 23.5 Å². The molecular formula is C17H13ClN2O5. The SMILES string of the molecule is C[C@@H](Oc1ccc(OC2N=c3cc(Cl)ccc3=NC2=O)cc1)C(=O)O. The Balaban J connectivity index is 1.76. The van der Waals surface area contributed by atoms with Gasteiger partial charge < -0.3 is 14.6 Å². The van der Waals surface area contributed by atoms with Crippen molar-refractivity contribution in [1.29, 1.82) is 0 Å². The summed E-state index contributed by atoms with van der Waals surface area (Å²) in [6.45, 7) is 1.43. The molecule has 1 heterocycles. The molecular weight excluding hydrogens is 348 g/mol. The lowest BCUT2D eigenvalue weighted by atomic mass is 10.3. The Morgan fingerprint density at radius 1 is 1.16 bits per heavy atom. The molecule has 0 fully saturated rings. The summed E-state index contributed by atoms with van der Waals surface area (Å²) in [5.41, 5.74) is 0. The summed E-state index contributed by atoms with van der Waals surface area (Å²) < 4.78 is 10.8. The largest absolute Gasteiger partial charge is 0.479 e. The normalized spacial score (nSPS) is 16.9. The predicted octanol–water partition coefficient (Wildman–Crippen LogP) is 1.38. The highest BCUT2D eigenvalue weighted by Crippen LogP contribution is 2.20. The lowest BCUT2D eigenvalue weighted by Gasteiger charge is -2.15. The number of nitrogens with zero attached hydrogens (tertiary/aromatic N) is 2. The van der Waals surface area contributed by atoms with Crippen molar-refractivity contribution in [2.75, 3.05) is 0 Å². The minimum Gasteiger partial charge on any atom is -0.479 e. The van der Waals surface area contributed by atoms with Crippen molar-refractivity contribution in [3.63, 3.8) is 0 Å². The van der Waals surface area contributed by atoms with E-state index in [1.165, 1.54) is 6.92 Å². The van der Waals surface area contributed by atoms with Gasteiger partial charge >= 0.3 is 11.9 Å². The summed E-state index contributed by atoms with van der Waals surface area (Å²) in [4.78, 5) is 31.0. The van der Waals surface area contributed by atoms with E-state index >= 15 is 0 Å². The zero-order chi connectivity index (χ0) is 18.0. The van der Waals surface area contributed by atoms with E-state index in [1.54, 1.807) is 42.5 Å². The highest BCUT2D eigenvalue weighted by atomic mass is 35.5. The Morgan fingerprint density at radius 2 is 1.84 bits per heavy atom. The molecule has 1 unspecified atom stereocenters. The average Bonchev–Trinajstić information content (AvgIpc) is 2.57. The molecule has 0 aliphatic carbocycles. The number of hydrogen-bond donors (Lipinski definition) is 1. The Bertz CT molecular complexity index is 943. The summed E-state index contributed by atoms with van der Waals surface area (Å²) in [7, 11) is 0. The summed E-state index contributed by atoms with van der Waals surface area (Å²) >= 11 is 5.92. The fourth-order valence-electron chi connectivity index (χ4n) is 2.11. The molecule has 2 aromatic carbocycles. The molecule has 0 saturated heterocycles. The molecule has 7 nitrogen and oxygen atoms in total. The fraction of sp³-hybridized carbons (Fsp3) is 0.176. The van der Waals surface area contributed by atoms with Crippen molar-refractivity contribution in [3.8, 4) is 11.5 Å². The maximum Gasteiger partial charge on any atom is 0.344 e. The van der Waals surface area contributed by atoms with E-state index in [2.05, 4.69) is 9.98 Å². The van der Waals surface area contributed by atoms with E-state index < -0.39 is 24.2 Å². The highest BCUT2D eigenvalue weighted by Gasteiger charge is 2.22. The van der Waals surface area contributed by atoms with Gasteiger partial charge in [0, 0.05) is 5.02 Å². The van der Waals surface area contributed by atoms with Gasteiger partial charge in [0.25, 0.3) is 6.23 Å². The van der Waals surface area contributed by atoms with Gasteiger partial charge in [-0.2, -0.15) is 0 Å². The minimum atomic E-state index is -1.10. The molecule has 0 radical (unpaired) electrons. The zero-order valence-electron chi connectivity index (χ0n) is 13.0. The Labute approximate surface area is 147 Å². The summed E-state index contributed by atoms with van der Waals surface area (Å²) in [5, 5.41) is 10.2. The van der Waals surface area contributed by atoms with Crippen LogP contribution in [0.4, 0.5) is 0 Å². The van der Waals surface area contributed by atoms with E-state index in [4.69, 9.17) is 26.2 Å². The van der Waals surface area contributed by atoms with E-state index in [9.17, 15) is 9.59 Å². The average molecular weight is 361 g/mol. The van der Waals surface area contributed by atoms with E-state index in [-0.39, 0.29) is 0 Å². The molecule has 128 valence electrons. The van der Waals surface area contributed by atoms with Crippen LogP contribution in [0.25, 0.3) is 0 Å². The van der Waals surface area contributed by atoms with Gasteiger partial charge in [-0.1, -0.05) is 11.6 Å². The number of halogens is 1. The summed E-state index contributed by atoms with van der Waals surface area (Å²) in [6.07, 6.45) is -2.07. The standard InChI is InChI=1S/C17H13ClN2O5/c1-9(17(22)23)24-11-3-5-12(6-4-11)25-16-15(21)19-13-7-2-10(18)8-14(13)20-16/h2-9,16H,1H3,(H,22,23)/t9-,16?/m1/s1. The van der Waals surface area contributed by atoms with E-state index in [0.29, 0.717) is 27.2 Å². The Morgan fingerprint density at radius 3 is 2.52 bits per heavy atom. The number of fused-ring (bicyclic) bond motifs is 1. The number of carboxylic acid groups (broad SMARTS) is 1. The molecule has 2 atom stereocenters. The van der Waals surface area contributed by atoms with Gasteiger partial charge in [0.15, 0.2) is 6.10 Å². The second-order valence-corrected chi connectivity index (χ2v) is 5.69. The Hall–Kier alpha value is -2.93. The van der Waals surface area contributed by atoms with E-state index in [1.807, 2.05) is 0 Å². The molecule has 0 bridgehead atoms. The first-order valence-electron chi connectivity index (χ1n) is 7.34. The monoisotopic (exact) mass is 360 g/mol. The van der Waals surface area contributed by atoms with Crippen LogP contribution in [0.15, 0.2) is 52.4 Å². The molecule has 0 aromatic heterocycles. The van der Waals surface area contributed by atoms with Gasteiger partial charge in [0.1, 0.15) is 11.5 Å². The third-order valence-corrected chi connectivity index (χ3v) is 3.60. The molecule has 3 rings (SSSR count). The van der Waals surface area contributed by atoms with Gasteiger partial charge in [-0.25, -0.2) is 14.8 Å². The van der Waals surface area contributed by atoms with Gasteiger partial charge in [-0.15, -0.1) is 0 Å². The van der Waals surface area contributed by atoms with Crippen LogP contribution in [0.3, 0.4) is 0 Å². The summed E-state index contributed by atoms with van der Waals surface area (Å²) in [6, 6.07) is 11.1. The van der Waals surface area contributed by atoms with Crippen LogP contribution >= 0.6 is 11.6 Å². The van der Waals surface area contributed by atoms with Crippen LogP contribution < -0.4 is 20.2 Å². The van der Waals surface area contributed by atoms with Crippen LogP contribution in [0.2, 0.25) is 5.02 Å². The second kappa shape index (κ2) is 6.90. The number of rotatable bonds is 5. The number of benzene rings is 2. The lowest BCUT2D eigenvalue weighted by molar-refractivity contribution is -0.144. The van der Waals surface area contributed by atoms with Crippen molar-refractivity contribution in [1.82, 2.24) is 0 Å². The van der Waals surface area contributed by atoms with Crippen molar-refractivity contribution in [3.05, 3.63) is 58.2 Å². The van der Waals surface area contributed by atoms with E-state index in [0.717, 1.165) is 0 Å². The number of hydrogen-bond acceptors (Lipinski definition) is 5. The number of ether oxygens (including phenoxy) is 2. The maximum atomic E-state index is 12.0. The van der Waals surface area contributed by atoms with Crippen LogP contribution in [-0.2, 0) is 9.59 Å². The molecule has 1 amide bonds. The van der Waals surface area contributed by atoms with Gasteiger partial charge in [-0.3, -0.25) is 4.79 Å². The predicted molar refractivity (Wildman–Crippen MR) is 87.4 cm³/mol. The van der Waals surface area contributed by atoms with Gasteiger partial charge in [-0.05, 0) is 49.4 Å². The number of carbonyl (C=O) groups excluding carboxylic acids is 1. The smallest absolute Gasteiger partial charge is 0.344 e. The zero-order valence-corrected chi connectivity index (χ0v) is 13.8. The molecule has 1 aliphatic rings. The van der Waals surface area contributed by atoms with Crippen LogP contribution in [0.5, 0.6) is 11.5 Å². The van der Waals surface area contributed by atoms with Gasteiger partial charge in [0.2, 0.25) is 0 Å². The van der Waals surface area contributed by atoms with Gasteiger partial charge in [0.05, 0.1) is 10.7 Å². The maximum absolute atomic E-state index is 12.0. The summed E-state index contributed by atoms with van der Waals surface area (Å²) in [5.74, 6) is -0.838. The molecule has 25 heavy (non-hydrogen) atoms. The number of carbonyl (C=O) groups is 2. The first-order chi connectivity index (χ1) is 11.9. The first-order valence-corrected chi connectivity index (χ1v) is 7.72. The first kappa shape index (κ1) is 16.9. The lowest BCUT2D eigenvalue weighted by Crippen LogP contribution is -2.39. The quantitative estimate of drug-likeness (QED) is 0.868. The van der Waals surface area contributed by atoms with Crippen LogP contribution in [0, 0.1) is 0 Å². The molecule has 8 heteroatoms. The fourth-order valence-corrected chi connectivity index (χ4v) is 2.27. The topological polar surface area (TPSA) is 97.5 Å². The third-order valence-electron chi connectivity index (χ3n) is 3.37. The number of aliphatic carboxylic acids is 1.